The summed E-state index contributed by atoms with van der Waals surface area (Å²) in [5.41, 5.74) is 1.33. The van der Waals surface area contributed by atoms with Crippen molar-refractivity contribution in [2.45, 2.75) is 51.3 Å². The van der Waals surface area contributed by atoms with E-state index in [0.29, 0.717) is 12.6 Å². The zero-order valence-electron chi connectivity index (χ0n) is 14.8. The van der Waals surface area contributed by atoms with Gasteiger partial charge in [-0.25, -0.2) is 9.67 Å². The van der Waals surface area contributed by atoms with Gasteiger partial charge in [0.05, 0.1) is 6.04 Å². The monoisotopic (exact) mass is 328 g/mol. The Kier molecular flexibility index (Phi) is 5.99. The van der Waals surface area contributed by atoms with E-state index in [4.69, 9.17) is 14.8 Å². The number of hydrogen-bond donors (Lipinski definition) is 0. The first kappa shape index (κ1) is 17.1. The molecule has 2 aromatic rings. The molecule has 0 spiro atoms. The van der Waals surface area contributed by atoms with Crippen molar-refractivity contribution in [2.24, 2.45) is 0 Å². The van der Waals surface area contributed by atoms with Gasteiger partial charge in [0.2, 0.25) is 0 Å². The Hall–Kier alpha value is -1.72. The smallest absolute Gasteiger partial charge is 0.176 e. The number of likely N-dealkylation sites (tertiary alicyclic amines) is 1. The molecule has 0 saturated carbocycles. The second kappa shape index (κ2) is 8.40. The molecule has 0 bridgehead atoms. The molecule has 5 heteroatoms. The van der Waals surface area contributed by atoms with E-state index in [1.807, 2.05) is 0 Å². The quantitative estimate of drug-likeness (QED) is 0.817. The summed E-state index contributed by atoms with van der Waals surface area (Å²) in [4.78, 5) is 7.25. The van der Waals surface area contributed by atoms with Gasteiger partial charge in [-0.3, -0.25) is 4.90 Å². The Morgan fingerprint density at radius 1 is 1.17 bits per heavy atom. The first-order valence-corrected chi connectivity index (χ1v) is 8.94. The van der Waals surface area contributed by atoms with Crippen LogP contribution in [-0.4, -0.2) is 40.4 Å². The van der Waals surface area contributed by atoms with Crippen molar-refractivity contribution >= 4 is 0 Å². The van der Waals surface area contributed by atoms with Crippen molar-refractivity contribution in [1.29, 1.82) is 0 Å². The third-order valence-corrected chi connectivity index (χ3v) is 4.79. The molecule has 3 rings (SSSR count). The van der Waals surface area contributed by atoms with Crippen LogP contribution in [0.5, 0.6) is 0 Å². The van der Waals surface area contributed by atoms with Gasteiger partial charge in [0.1, 0.15) is 12.4 Å². The lowest BCUT2D eigenvalue weighted by Gasteiger charge is -2.25. The Labute approximate surface area is 144 Å². The molecule has 1 aromatic carbocycles. The molecule has 0 aliphatic carbocycles. The van der Waals surface area contributed by atoms with Crippen LogP contribution in [0.2, 0.25) is 0 Å². The Morgan fingerprint density at radius 3 is 2.79 bits per heavy atom. The van der Waals surface area contributed by atoms with Crippen LogP contribution in [0.3, 0.4) is 0 Å². The standard InChI is InChI=1S/C19H28N4O/c1-22-13-8-4-7-11-17(22)19-20-18(15-24-2)21-23(19)14-12-16-9-5-3-6-10-16/h3,5-6,9-10,17H,4,7-8,11-15H2,1-2H3/t17-/m0/s1. The van der Waals surface area contributed by atoms with Gasteiger partial charge < -0.3 is 4.74 Å². The van der Waals surface area contributed by atoms with E-state index < -0.39 is 0 Å². The van der Waals surface area contributed by atoms with Crippen LogP contribution in [-0.2, 0) is 24.3 Å². The minimum atomic E-state index is 0.362. The maximum absolute atomic E-state index is 5.25. The van der Waals surface area contributed by atoms with Gasteiger partial charge in [-0.05, 0) is 38.4 Å². The maximum Gasteiger partial charge on any atom is 0.176 e. The van der Waals surface area contributed by atoms with E-state index in [2.05, 4.69) is 47.0 Å². The van der Waals surface area contributed by atoms with Crippen molar-refractivity contribution in [3.8, 4) is 0 Å². The number of aromatic nitrogens is 3. The molecule has 1 aromatic heterocycles. The molecule has 24 heavy (non-hydrogen) atoms. The predicted molar refractivity (Wildman–Crippen MR) is 94.7 cm³/mol. The average Bonchev–Trinajstić information content (AvgIpc) is 2.87. The van der Waals surface area contributed by atoms with E-state index in [-0.39, 0.29) is 0 Å². The largest absolute Gasteiger partial charge is 0.377 e. The Bertz CT molecular complexity index is 626. The second-order valence-corrected chi connectivity index (χ2v) is 6.62. The molecule has 1 saturated heterocycles. The fraction of sp³-hybridized carbons (Fsp3) is 0.579. The number of rotatable bonds is 6. The van der Waals surface area contributed by atoms with Gasteiger partial charge in [0.25, 0.3) is 0 Å². The van der Waals surface area contributed by atoms with Crippen LogP contribution in [0.4, 0.5) is 0 Å². The average molecular weight is 328 g/mol. The van der Waals surface area contributed by atoms with Gasteiger partial charge in [-0.1, -0.05) is 43.2 Å². The molecule has 1 atom stereocenters. The highest BCUT2D eigenvalue weighted by Crippen LogP contribution is 2.28. The highest BCUT2D eigenvalue weighted by molar-refractivity contribution is 5.14. The van der Waals surface area contributed by atoms with E-state index in [0.717, 1.165) is 37.6 Å². The van der Waals surface area contributed by atoms with E-state index in [1.165, 1.54) is 24.8 Å². The number of aryl methyl sites for hydroxylation is 2. The lowest BCUT2D eigenvalue weighted by atomic mass is 10.1. The Balaban J connectivity index is 1.80. The molecular formula is C19H28N4O. The summed E-state index contributed by atoms with van der Waals surface area (Å²) in [7, 11) is 3.91. The van der Waals surface area contributed by atoms with Crippen LogP contribution in [0.15, 0.2) is 30.3 Å². The fourth-order valence-electron chi connectivity index (χ4n) is 3.46. The zero-order valence-corrected chi connectivity index (χ0v) is 14.8. The first-order valence-electron chi connectivity index (χ1n) is 8.94. The minimum Gasteiger partial charge on any atom is -0.377 e. The summed E-state index contributed by atoms with van der Waals surface area (Å²) in [6.07, 6.45) is 5.98. The molecule has 5 nitrogen and oxygen atoms in total. The molecular weight excluding hydrogens is 300 g/mol. The Morgan fingerprint density at radius 2 is 2.00 bits per heavy atom. The summed E-state index contributed by atoms with van der Waals surface area (Å²) < 4.78 is 7.35. The van der Waals surface area contributed by atoms with Gasteiger partial charge in [-0.15, -0.1) is 0 Å². The number of ether oxygens (including phenoxy) is 1. The van der Waals surface area contributed by atoms with Gasteiger partial charge in [0.15, 0.2) is 5.82 Å². The molecule has 1 aliphatic rings. The SMILES string of the molecule is COCc1nc([C@@H]2CCCCCN2C)n(CCc2ccccc2)n1. The molecule has 0 N–H and O–H groups in total. The van der Waals surface area contributed by atoms with Gasteiger partial charge in [-0.2, -0.15) is 5.10 Å². The van der Waals surface area contributed by atoms with Crippen molar-refractivity contribution in [3.05, 3.63) is 47.5 Å². The number of hydrogen-bond acceptors (Lipinski definition) is 4. The summed E-state index contributed by atoms with van der Waals surface area (Å²) in [5, 5.41) is 4.71. The molecule has 0 radical (unpaired) electrons. The van der Waals surface area contributed by atoms with Crippen LogP contribution in [0.1, 0.15) is 48.9 Å². The van der Waals surface area contributed by atoms with Crippen molar-refractivity contribution in [1.82, 2.24) is 19.7 Å². The molecule has 0 unspecified atom stereocenters. The number of benzene rings is 1. The zero-order chi connectivity index (χ0) is 16.8. The molecule has 1 aliphatic heterocycles. The summed E-state index contributed by atoms with van der Waals surface area (Å²) >= 11 is 0. The second-order valence-electron chi connectivity index (χ2n) is 6.62. The highest BCUT2D eigenvalue weighted by Gasteiger charge is 2.25. The third kappa shape index (κ3) is 4.22. The number of nitrogens with zero attached hydrogens (tertiary/aromatic N) is 4. The molecule has 0 amide bonds. The fourth-order valence-corrected chi connectivity index (χ4v) is 3.46. The predicted octanol–water partition coefficient (Wildman–Crippen LogP) is 3.21. The first-order chi connectivity index (χ1) is 11.8. The van der Waals surface area contributed by atoms with Crippen LogP contribution in [0.25, 0.3) is 0 Å². The lowest BCUT2D eigenvalue weighted by molar-refractivity contribution is 0.177. The molecule has 130 valence electrons. The summed E-state index contributed by atoms with van der Waals surface area (Å²) in [6.45, 7) is 2.47. The maximum atomic E-state index is 5.25. The van der Waals surface area contributed by atoms with Crippen LogP contribution < -0.4 is 0 Å². The van der Waals surface area contributed by atoms with Crippen LogP contribution >= 0.6 is 0 Å². The van der Waals surface area contributed by atoms with E-state index in [9.17, 15) is 0 Å². The lowest BCUT2D eigenvalue weighted by Crippen LogP contribution is -2.27. The topological polar surface area (TPSA) is 43.2 Å². The summed E-state index contributed by atoms with van der Waals surface area (Å²) in [6, 6.07) is 10.9. The molecule has 1 fully saturated rings. The minimum absolute atomic E-state index is 0.362. The van der Waals surface area contributed by atoms with Gasteiger partial charge in [0, 0.05) is 13.7 Å². The van der Waals surface area contributed by atoms with E-state index in [1.54, 1.807) is 7.11 Å². The van der Waals surface area contributed by atoms with Crippen LogP contribution in [0, 0.1) is 0 Å². The third-order valence-electron chi connectivity index (χ3n) is 4.79. The highest BCUT2D eigenvalue weighted by atomic mass is 16.5. The number of methoxy groups -OCH3 is 1. The normalized spacial score (nSPS) is 19.3. The van der Waals surface area contributed by atoms with E-state index >= 15 is 0 Å². The van der Waals surface area contributed by atoms with Crippen molar-refractivity contribution in [2.75, 3.05) is 20.7 Å². The van der Waals surface area contributed by atoms with Crippen molar-refractivity contribution in [3.63, 3.8) is 0 Å². The van der Waals surface area contributed by atoms with Gasteiger partial charge >= 0.3 is 0 Å². The molecule has 2 heterocycles. The summed E-state index contributed by atoms with van der Waals surface area (Å²) in [5.74, 6) is 1.89. The van der Waals surface area contributed by atoms with Crippen molar-refractivity contribution < 1.29 is 4.74 Å².